The molecule has 1 heterocycles. The van der Waals surface area contributed by atoms with E-state index in [1.807, 2.05) is 26.0 Å². The van der Waals surface area contributed by atoms with Crippen LogP contribution in [0.25, 0.3) is 0 Å². The Kier molecular flexibility index (Phi) is 3.36. The quantitative estimate of drug-likeness (QED) is 0.821. The number of phenolic OH excluding ortho intramolecular Hbond substituents is 1. The van der Waals surface area contributed by atoms with Crippen molar-refractivity contribution in [1.29, 1.82) is 0 Å². The van der Waals surface area contributed by atoms with Crippen LogP contribution in [0, 0.1) is 23.2 Å². The minimum absolute atomic E-state index is 0.0678. The smallest absolute Gasteiger partial charge is 0.161 e. The van der Waals surface area contributed by atoms with Crippen LogP contribution in [0.2, 0.25) is 0 Å². The molecule has 6 rings (SSSR count). The van der Waals surface area contributed by atoms with Crippen LogP contribution >= 0.6 is 0 Å². The zero-order valence-electron chi connectivity index (χ0n) is 17.6. The van der Waals surface area contributed by atoms with Gasteiger partial charge in [0.25, 0.3) is 0 Å². The highest BCUT2D eigenvalue weighted by Crippen LogP contribution is 2.72. The number of nitrogens with zero attached hydrogens (tertiary/aromatic N) is 1. The van der Waals surface area contributed by atoms with Crippen LogP contribution in [0.4, 0.5) is 0 Å². The van der Waals surface area contributed by atoms with E-state index in [1.165, 1.54) is 12.8 Å². The number of rotatable bonds is 3. The van der Waals surface area contributed by atoms with E-state index in [0.29, 0.717) is 24.5 Å². The van der Waals surface area contributed by atoms with Gasteiger partial charge in [-0.15, -0.1) is 0 Å². The molecule has 4 fully saturated rings. The predicted molar refractivity (Wildman–Crippen MR) is 108 cm³/mol. The van der Waals surface area contributed by atoms with Gasteiger partial charge in [0.1, 0.15) is 5.78 Å². The molecule has 5 atom stereocenters. The second kappa shape index (κ2) is 5.36. The fourth-order valence-corrected chi connectivity index (χ4v) is 7.83. The number of methoxy groups -OCH3 is 1. The first-order valence-corrected chi connectivity index (χ1v) is 11.1. The van der Waals surface area contributed by atoms with E-state index in [4.69, 9.17) is 4.74 Å². The highest BCUT2D eigenvalue weighted by molar-refractivity contribution is 5.88. The third-order valence-electron chi connectivity index (χ3n) is 9.09. The highest BCUT2D eigenvalue weighted by Gasteiger charge is 2.79. The summed E-state index contributed by atoms with van der Waals surface area (Å²) in [6.45, 7) is 5.95. The van der Waals surface area contributed by atoms with E-state index in [9.17, 15) is 15.0 Å². The summed E-state index contributed by atoms with van der Waals surface area (Å²) in [4.78, 5) is 15.8. The Morgan fingerprint density at radius 2 is 2.03 bits per heavy atom. The number of Topliss-reactive ketones (excluding diaryl/α,β-unsaturated/α-hetero) is 1. The molecule has 2 N–H and O–H groups in total. The van der Waals surface area contributed by atoms with Gasteiger partial charge in [-0.2, -0.15) is 0 Å². The van der Waals surface area contributed by atoms with E-state index < -0.39 is 16.4 Å². The van der Waals surface area contributed by atoms with Gasteiger partial charge < -0.3 is 14.9 Å². The summed E-state index contributed by atoms with van der Waals surface area (Å²) >= 11 is 0. The van der Waals surface area contributed by atoms with E-state index in [2.05, 4.69) is 4.90 Å². The number of benzene rings is 1. The van der Waals surface area contributed by atoms with Gasteiger partial charge in [-0.1, -0.05) is 19.9 Å². The second-order valence-corrected chi connectivity index (χ2v) is 11.0. The van der Waals surface area contributed by atoms with Crippen LogP contribution in [0.5, 0.6) is 11.5 Å². The number of ether oxygens (including phenoxy) is 1. The number of carbonyl (C=O) groups is 1. The minimum Gasteiger partial charge on any atom is -0.504 e. The van der Waals surface area contributed by atoms with E-state index in [0.717, 1.165) is 36.6 Å². The van der Waals surface area contributed by atoms with Crippen LogP contribution in [0.15, 0.2) is 12.1 Å². The second-order valence-electron chi connectivity index (χ2n) is 11.0. The lowest BCUT2D eigenvalue weighted by Crippen LogP contribution is -2.69. The molecule has 5 unspecified atom stereocenters. The molecule has 0 aromatic heterocycles. The van der Waals surface area contributed by atoms with Crippen LogP contribution in [0.3, 0.4) is 0 Å². The van der Waals surface area contributed by atoms with Gasteiger partial charge in [-0.3, -0.25) is 9.69 Å². The Morgan fingerprint density at radius 1 is 1.28 bits per heavy atom. The molecule has 1 aliphatic heterocycles. The van der Waals surface area contributed by atoms with Gasteiger partial charge in [0.2, 0.25) is 0 Å². The van der Waals surface area contributed by atoms with Crippen molar-refractivity contribution in [3.63, 3.8) is 0 Å². The molecule has 1 aromatic rings. The lowest BCUT2D eigenvalue weighted by molar-refractivity contribution is -0.169. The number of hydrogen-bond acceptors (Lipinski definition) is 5. The molecule has 1 aromatic carbocycles. The first-order valence-electron chi connectivity index (χ1n) is 11.1. The summed E-state index contributed by atoms with van der Waals surface area (Å²) < 4.78 is 5.43. The molecule has 5 heteroatoms. The molecule has 4 bridgehead atoms. The molecule has 0 radical (unpaired) electrons. The largest absolute Gasteiger partial charge is 0.504 e. The maximum absolute atomic E-state index is 13.3. The molecule has 5 nitrogen and oxygen atoms in total. The molecule has 29 heavy (non-hydrogen) atoms. The number of phenols is 1. The van der Waals surface area contributed by atoms with Crippen LogP contribution in [-0.2, 0) is 16.6 Å². The van der Waals surface area contributed by atoms with Gasteiger partial charge in [-0.05, 0) is 55.1 Å². The van der Waals surface area contributed by atoms with Crippen molar-refractivity contribution in [2.45, 2.75) is 63.0 Å². The van der Waals surface area contributed by atoms with Crippen LogP contribution in [-0.4, -0.2) is 52.7 Å². The first kappa shape index (κ1) is 18.2. The Morgan fingerprint density at radius 3 is 2.72 bits per heavy atom. The Labute approximate surface area is 172 Å². The van der Waals surface area contributed by atoms with Crippen molar-refractivity contribution < 1.29 is 19.7 Å². The third kappa shape index (κ3) is 2.01. The van der Waals surface area contributed by atoms with Gasteiger partial charge in [0.05, 0.1) is 12.7 Å². The molecule has 1 spiro atoms. The standard InChI is InChI=1S/C24H31NO4/c1-22(2)12-24(28)21-15-8-14-6-7-17(29-3)20(27)19(14)23(24,9-18(22)26)16(15)11-25(21)10-13-4-5-13/h6-7,13,15-16,21,27-28H,4-5,8-12H2,1-3H3. The SMILES string of the molecule is COc1ccc2c(c1O)C13CC(=O)C(C)(C)CC1(O)C1C(C2)C3CN1CC1CC1. The molecular formula is C24H31NO4. The Hall–Kier alpha value is -1.59. The number of aliphatic hydroxyl groups is 1. The normalized spacial score (nSPS) is 41.9. The maximum Gasteiger partial charge on any atom is 0.161 e. The molecule has 0 amide bonds. The summed E-state index contributed by atoms with van der Waals surface area (Å²) in [6.07, 6.45) is 4.24. The number of aromatic hydroxyl groups is 1. The zero-order chi connectivity index (χ0) is 20.3. The minimum atomic E-state index is -0.998. The van der Waals surface area contributed by atoms with Crippen molar-refractivity contribution in [3.8, 4) is 11.5 Å². The average molecular weight is 398 g/mol. The number of carbonyl (C=O) groups excluding carboxylic acids is 1. The number of hydrogen-bond donors (Lipinski definition) is 2. The van der Waals surface area contributed by atoms with Crippen molar-refractivity contribution in [3.05, 3.63) is 23.3 Å². The predicted octanol–water partition coefficient (Wildman–Crippen LogP) is 2.66. The average Bonchev–Trinajstić information content (AvgIpc) is 3.36. The van der Waals surface area contributed by atoms with E-state index >= 15 is 0 Å². The first-order chi connectivity index (χ1) is 13.7. The topological polar surface area (TPSA) is 70.0 Å². The summed E-state index contributed by atoms with van der Waals surface area (Å²) in [7, 11) is 1.56. The van der Waals surface area contributed by atoms with Crippen molar-refractivity contribution >= 4 is 5.78 Å². The lowest BCUT2D eigenvalue weighted by atomic mass is 9.49. The molecule has 1 saturated heterocycles. The summed E-state index contributed by atoms with van der Waals surface area (Å²) in [5, 5.41) is 23.7. The number of piperidine rings is 1. The van der Waals surface area contributed by atoms with E-state index in [-0.39, 0.29) is 23.5 Å². The maximum atomic E-state index is 13.3. The van der Waals surface area contributed by atoms with Crippen molar-refractivity contribution in [2.24, 2.45) is 23.2 Å². The number of ketones is 1. The molecule has 156 valence electrons. The van der Waals surface area contributed by atoms with Crippen LogP contribution in [0.1, 0.15) is 50.7 Å². The summed E-state index contributed by atoms with van der Waals surface area (Å²) in [5.74, 6) is 2.10. The Balaban J connectivity index is 1.58. The van der Waals surface area contributed by atoms with Crippen molar-refractivity contribution in [1.82, 2.24) is 4.90 Å². The van der Waals surface area contributed by atoms with E-state index in [1.54, 1.807) is 7.11 Å². The van der Waals surface area contributed by atoms with Crippen molar-refractivity contribution in [2.75, 3.05) is 20.2 Å². The zero-order valence-corrected chi connectivity index (χ0v) is 17.6. The van der Waals surface area contributed by atoms with Gasteiger partial charge in [-0.25, -0.2) is 0 Å². The monoisotopic (exact) mass is 397 g/mol. The van der Waals surface area contributed by atoms with Gasteiger partial charge >= 0.3 is 0 Å². The van der Waals surface area contributed by atoms with Gasteiger partial charge in [0.15, 0.2) is 11.5 Å². The van der Waals surface area contributed by atoms with Gasteiger partial charge in [0, 0.05) is 41.9 Å². The molecule has 3 saturated carbocycles. The Bertz CT molecular complexity index is 922. The lowest BCUT2D eigenvalue weighted by Gasteiger charge is -2.59. The third-order valence-corrected chi connectivity index (χ3v) is 9.09. The number of fused-ring (bicyclic) bond motifs is 2. The fourth-order valence-electron chi connectivity index (χ4n) is 7.83. The number of likely N-dealkylation sites (tertiary alicyclic amines) is 1. The summed E-state index contributed by atoms with van der Waals surface area (Å²) in [6, 6.07) is 3.94. The van der Waals surface area contributed by atoms with Crippen LogP contribution < -0.4 is 4.74 Å². The fraction of sp³-hybridized carbons (Fsp3) is 0.708. The molecule has 5 aliphatic rings. The highest BCUT2D eigenvalue weighted by atomic mass is 16.5. The molecule has 4 aliphatic carbocycles. The summed E-state index contributed by atoms with van der Waals surface area (Å²) in [5.41, 5.74) is -0.343. The molecular weight excluding hydrogens is 366 g/mol.